The van der Waals surface area contributed by atoms with Gasteiger partial charge in [-0.2, -0.15) is 10.5 Å². The van der Waals surface area contributed by atoms with Gasteiger partial charge in [0.15, 0.2) is 0 Å². The van der Waals surface area contributed by atoms with Crippen molar-refractivity contribution >= 4 is 17.7 Å². The fourth-order valence-corrected chi connectivity index (χ4v) is 2.75. The number of rotatable bonds is 3. The zero-order chi connectivity index (χ0) is 13.9. The average Bonchev–Trinajstić information content (AvgIpc) is 2.25. The number of nitrogens with zero attached hydrogens (tertiary/aromatic N) is 2. The van der Waals surface area contributed by atoms with Gasteiger partial charge in [0.05, 0.1) is 22.7 Å². The SMILES string of the molecule is C=C(C)CSC1=C(C#N)C(C)(C)[C@@H](C#N)C(=O)N1. The zero-order valence-electron chi connectivity index (χ0n) is 10.7. The van der Waals surface area contributed by atoms with Crippen molar-refractivity contribution in [3.8, 4) is 12.1 Å². The Morgan fingerprint density at radius 1 is 1.56 bits per heavy atom. The molecule has 1 aliphatic rings. The van der Waals surface area contributed by atoms with E-state index in [9.17, 15) is 10.1 Å². The Labute approximate surface area is 111 Å². The summed E-state index contributed by atoms with van der Waals surface area (Å²) in [5, 5.41) is 21.5. The first-order valence-electron chi connectivity index (χ1n) is 5.47. The summed E-state index contributed by atoms with van der Waals surface area (Å²) in [4.78, 5) is 11.8. The minimum atomic E-state index is -0.832. The summed E-state index contributed by atoms with van der Waals surface area (Å²) in [6.07, 6.45) is 0. The van der Waals surface area contributed by atoms with E-state index in [0.717, 1.165) is 5.57 Å². The van der Waals surface area contributed by atoms with Gasteiger partial charge in [0, 0.05) is 11.2 Å². The fraction of sp³-hybridized carbons (Fsp3) is 0.462. The van der Waals surface area contributed by atoms with Crippen LogP contribution in [0.25, 0.3) is 0 Å². The molecule has 18 heavy (non-hydrogen) atoms. The molecule has 0 bridgehead atoms. The first-order valence-corrected chi connectivity index (χ1v) is 6.45. The molecule has 0 aromatic rings. The van der Waals surface area contributed by atoms with Crippen LogP contribution in [0, 0.1) is 34.0 Å². The molecule has 0 saturated carbocycles. The van der Waals surface area contributed by atoms with E-state index in [1.807, 2.05) is 13.0 Å². The summed E-state index contributed by atoms with van der Waals surface area (Å²) in [5.74, 6) is -0.541. The van der Waals surface area contributed by atoms with Gasteiger partial charge in [-0.05, 0) is 6.92 Å². The molecule has 0 unspecified atom stereocenters. The van der Waals surface area contributed by atoms with E-state index in [2.05, 4.69) is 18.0 Å². The van der Waals surface area contributed by atoms with Crippen molar-refractivity contribution in [2.75, 3.05) is 5.75 Å². The van der Waals surface area contributed by atoms with Crippen LogP contribution in [0.5, 0.6) is 0 Å². The van der Waals surface area contributed by atoms with Gasteiger partial charge in [-0.15, -0.1) is 11.8 Å². The number of nitrogens with one attached hydrogen (secondary N) is 1. The predicted octanol–water partition coefficient (Wildman–Crippen LogP) is 2.33. The third kappa shape index (κ3) is 2.57. The molecule has 0 aliphatic carbocycles. The Hall–Kier alpha value is -1.72. The van der Waals surface area contributed by atoms with Gasteiger partial charge in [0.2, 0.25) is 5.91 Å². The van der Waals surface area contributed by atoms with Crippen molar-refractivity contribution in [2.24, 2.45) is 11.3 Å². The largest absolute Gasteiger partial charge is 0.319 e. The van der Waals surface area contributed by atoms with Gasteiger partial charge in [-0.3, -0.25) is 4.79 Å². The summed E-state index contributed by atoms with van der Waals surface area (Å²) in [5.41, 5.74) is 0.655. The van der Waals surface area contributed by atoms with E-state index in [1.54, 1.807) is 13.8 Å². The molecule has 0 aromatic carbocycles. The molecule has 4 nitrogen and oxygen atoms in total. The molecule has 0 saturated heterocycles. The van der Waals surface area contributed by atoms with Gasteiger partial charge >= 0.3 is 0 Å². The molecular formula is C13H15N3OS. The fourth-order valence-electron chi connectivity index (χ4n) is 1.73. The van der Waals surface area contributed by atoms with Crippen molar-refractivity contribution in [2.45, 2.75) is 20.8 Å². The van der Waals surface area contributed by atoms with Gasteiger partial charge in [0.1, 0.15) is 5.92 Å². The number of nitriles is 2. The maximum absolute atomic E-state index is 11.8. The van der Waals surface area contributed by atoms with Crippen LogP contribution < -0.4 is 5.32 Å². The first-order chi connectivity index (χ1) is 8.34. The highest BCUT2D eigenvalue weighted by molar-refractivity contribution is 8.03. The normalized spacial score (nSPS) is 21.8. The topological polar surface area (TPSA) is 76.7 Å². The molecule has 0 fully saturated rings. The second-order valence-electron chi connectivity index (χ2n) is 4.83. The summed E-state index contributed by atoms with van der Waals surface area (Å²) in [6, 6.07) is 4.09. The van der Waals surface area contributed by atoms with Gasteiger partial charge in [0.25, 0.3) is 0 Å². The summed E-state index contributed by atoms with van der Waals surface area (Å²) < 4.78 is 0. The quantitative estimate of drug-likeness (QED) is 0.791. The maximum Gasteiger partial charge on any atom is 0.243 e. The molecule has 1 rings (SSSR count). The molecule has 5 heteroatoms. The number of thioether (sulfide) groups is 1. The molecule has 1 aliphatic heterocycles. The lowest BCUT2D eigenvalue weighted by molar-refractivity contribution is -0.125. The van der Waals surface area contributed by atoms with Crippen molar-refractivity contribution in [1.82, 2.24) is 5.32 Å². The lowest BCUT2D eigenvalue weighted by atomic mass is 9.72. The Bertz CT molecular complexity index is 505. The minimum absolute atomic E-state index is 0.342. The molecule has 94 valence electrons. The molecular weight excluding hydrogens is 246 g/mol. The Morgan fingerprint density at radius 2 is 2.17 bits per heavy atom. The van der Waals surface area contributed by atoms with Crippen LogP contribution in [0.2, 0.25) is 0 Å². The second kappa shape index (κ2) is 5.29. The van der Waals surface area contributed by atoms with E-state index in [4.69, 9.17) is 5.26 Å². The molecule has 1 N–H and O–H groups in total. The lowest BCUT2D eigenvalue weighted by Crippen LogP contribution is -2.44. The highest BCUT2D eigenvalue weighted by Gasteiger charge is 2.44. The second-order valence-corrected chi connectivity index (χ2v) is 5.82. The van der Waals surface area contributed by atoms with Crippen LogP contribution in [0.3, 0.4) is 0 Å². The number of allylic oxidation sites excluding steroid dienone is 1. The Balaban J connectivity index is 3.18. The average molecular weight is 261 g/mol. The Morgan fingerprint density at radius 3 is 2.61 bits per heavy atom. The summed E-state index contributed by atoms with van der Waals surface area (Å²) in [7, 11) is 0. The van der Waals surface area contributed by atoms with E-state index >= 15 is 0 Å². The number of hydrogen-bond acceptors (Lipinski definition) is 4. The van der Waals surface area contributed by atoms with Crippen LogP contribution in [0.1, 0.15) is 20.8 Å². The van der Waals surface area contributed by atoms with Crippen LogP contribution in [-0.4, -0.2) is 11.7 Å². The van der Waals surface area contributed by atoms with Crippen LogP contribution in [-0.2, 0) is 4.79 Å². The van der Waals surface area contributed by atoms with Crippen LogP contribution in [0.4, 0.5) is 0 Å². The molecule has 0 aromatic heterocycles. The highest BCUT2D eigenvalue weighted by Crippen LogP contribution is 2.41. The van der Waals surface area contributed by atoms with E-state index in [-0.39, 0.29) is 5.91 Å². The number of amides is 1. The number of hydrogen-bond donors (Lipinski definition) is 1. The smallest absolute Gasteiger partial charge is 0.243 e. The number of carbonyl (C=O) groups is 1. The van der Waals surface area contributed by atoms with Crippen LogP contribution in [0.15, 0.2) is 22.8 Å². The lowest BCUT2D eigenvalue weighted by Gasteiger charge is -2.34. The molecule has 0 radical (unpaired) electrons. The molecule has 0 spiro atoms. The van der Waals surface area contributed by atoms with E-state index < -0.39 is 11.3 Å². The molecule has 1 amide bonds. The van der Waals surface area contributed by atoms with Gasteiger partial charge in [-0.1, -0.05) is 26.0 Å². The van der Waals surface area contributed by atoms with Crippen molar-refractivity contribution in [1.29, 1.82) is 10.5 Å². The third-order valence-electron chi connectivity index (χ3n) is 2.80. The zero-order valence-corrected chi connectivity index (χ0v) is 11.5. The highest BCUT2D eigenvalue weighted by atomic mass is 32.2. The Kier molecular flexibility index (Phi) is 4.21. The molecule has 1 heterocycles. The summed E-state index contributed by atoms with van der Waals surface area (Å²) in [6.45, 7) is 9.17. The van der Waals surface area contributed by atoms with Crippen molar-refractivity contribution in [3.05, 3.63) is 22.8 Å². The van der Waals surface area contributed by atoms with E-state index in [0.29, 0.717) is 16.4 Å². The standard InChI is InChI=1S/C13H15N3OS/c1-8(2)7-18-12-10(6-15)13(3,4)9(5-14)11(17)16-12/h9H,1,7H2,2-4H3,(H,16,17)/t9-/m0/s1. The maximum atomic E-state index is 11.8. The van der Waals surface area contributed by atoms with E-state index in [1.165, 1.54) is 11.8 Å². The van der Waals surface area contributed by atoms with Crippen molar-refractivity contribution < 1.29 is 4.79 Å². The van der Waals surface area contributed by atoms with Gasteiger partial charge in [-0.25, -0.2) is 0 Å². The van der Waals surface area contributed by atoms with Gasteiger partial charge < -0.3 is 5.32 Å². The first kappa shape index (κ1) is 14.3. The predicted molar refractivity (Wildman–Crippen MR) is 70.9 cm³/mol. The monoisotopic (exact) mass is 261 g/mol. The molecule has 1 atom stereocenters. The minimum Gasteiger partial charge on any atom is -0.319 e. The summed E-state index contributed by atoms with van der Waals surface area (Å²) >= 11 is 1.37. The third-order valence-corrected chi connectivity index (χ3v) is 4.03. The van der Waals surface area contributed by atoms with Crippen molar-refractivity contribution in [3.63, 3.8) is 0 Å². The number of carbonyl (C=O) groups excluding carboxylic acids is 1. The van der Waals surface area contributed by atoms with Crippen LogP contribution >= 0.6 is 11.8 Å².